The van der Waals surface area contributed by atoms with Crippen LogP contribution in [0.25, 0.3) is 0 Å². The number of hydrogen-bond acceptors (Lipinski definition) is 7. The van der Waals surface area contributed by atoms with Crippen LogP contribution in [0.5, 0.6) is 0 Å². The highest BCUT2D eigenvalue weighted by molar-refractivity contribution is 7.12. The molecule has 1 unspecified atom stereocenters. The largest absolute Gasteiger partial charge is 0.374 e. The molecule has 0 bridgehead atoms. The molecule has 7 heteroatoms. The minimum absolute atomic E-state index is 0.196. The summed E-state index contributed by atoms with van der Waals surface area (Å²) in [6.07, 6.45) is 3.61. The number of nitrogens with one attached hydrogen (secondary N) is 1. The summed E-state index contributed by atoms with van der Waals surface area (Å²) in [5.74, 6) is 1.47. The molecule has 23 heavy (non-hydrogen) atoms. The third-order valence-corrected chi connectivity index (χ3v) is 5.22. The Hall–Kier alpha value is -2.38. The number of fused-ring (bicyclic) bond motifs is 1. The van der Waals surface area contributed by atoms with Gasteiger partial charge in [0.2, 0.25) is 0 Å². The molecule has 1 aliphatic rings. The average molecular weight is 339 g/mol. The fourth-order valence-corrected chi connectivity index (χ4v) is 3.86. The van der Waals surface area contributed by atoms with Gasteiger partial charge in [0.05, 0.1) is 21.0 Å². The molecule has 0 aliphatic carbocycles. The highest BCUT2D eigenvalue weighted by Gasteiger charge is 2.25. The maximum atomic E-state index is 5.02. The molecule has 5 nitrogen and oxygen atoms in total. The third-order valence-electron chi connectivity index (χ3n) is 3.52. The SMILES string of the molecule is CNC1=Nc2ncccc2C(c2cccs2)=NC1c1cncs1. The summed E-state index contributed by atoms with van der Waals surface area (Å²) in [6.45, 7) is 0. The van der Waals surface area contributed by atoms with Gasteiger partial charge in [-0.25, -0.2) is 9.98 Å². The zero-order valence-corrected chi connectivity index (χ0v) is 13.9. The predicted octanol–water partition coefficient (Wildman–Crippen LogP) is 3.44. The van der Waals surface area contributed by atoms with Crippen LogP contribution in [0.2, 0.25) is 0 Å². The number of thiazole rings is 1. The predicted molar refractivity (Wildman–Crippen MR) is 95.2 cm³/mol. The van der Waals surface area contributed by atoms with Gasteiger partial charge in [-0.15, -0.1) is 22.7 Å². The van der Waals surface area contributed by atoms with Crippen LogP contribution in [0.4, 0.5) is 5.82 Å². The Morgan fingerprint density at radius 2 is 2.13 bits per heavy atom. The number of amidine groups is 1. The number of rotatable bonds is 2. The van der Waals surface area contributed by atoms with Gasteiger partial charge in [0, 0.05) is 25.0 Å². The molecule has 0 fully saturated rings. The van der Waals surface area contributed by atoms with Gasteiger partial charge in [-0.3, -0.25) is 9.98 Å². The van der Waals surface area contributed by atoms with Gasteiger partial charge < -0.3 is 5.32 Å². The first kappa shape index (κ1) is 14.2. The van der Waals surface area contributed by atoms with E-state index in [9.17, 15) is 0 Å². The first-order chi connectivity index (χ1) is 11.4. The lowest BCUT2D eigenvalue weighted by atomic mass is 10.1. The fourth-order valence-electron chi connectivity index (χ4n) is 2.47. The molecule has 4 rings (SSSR count). The molecule has 0 radical (unpaired) electrons. The van der Waals surface area contributed by atoms with E-state index in [0.29, 0.717) is 5.82 Å². The van der Waals surface area contributed by atoms with Crippen molar-refractivity contribution < 1.29 is 0 Å². The lowest BCUT2D eigenvalue weighted by Crippen LogP contribution is -2.24. The zero-order chi connectivity index (χ0) is 15.6. The number of aromatic nitrogens is 2. The van der Waals surface area contributed by atoms with Crippen molar-refractivity contribution in [3.05, 3.63) is 62.9 Å². The van der Waals surface area contributed by atoms with Crippen molar-refractivity contribution >= 4 is 40.0 Å². The van der Waals surface area contributed by atoms with Gasteiger partial charge in [0.1, 0.15) is 11.9 Å². The summed E-state index contributed by atoms with van der Waals surface area (Å²) in [5.41, 5.74) is 3.70. The van der Waals surface area contributed by atoms with Crippen molar-refractivity contribution in [1.29, 1.82) is 0 Å². The minimum Gasteiger partial charge on any atom is -0.374 e. The normalized spacial score (nSPS) is 17.0. The van der Waals surface area contributed by atoms with Gasteiger partial charge in [-0.05, 0) is 23.6 Å². The van der Waals surface area contributed by atoms with Crippen LogP contribution in [0.3, 0.4) is 0 Å². The van der Waals surface area contributed by atoms with E-state index in [4.69, 9.17) is 9.98 Å². The van der Waals surface area contributed by atoms with Crippen molar-refractivity contribution in [2.24, 2.45) is 9.98 Å². The Balaban J connectivity index is 1.96. The molecule has 4 heterocycles. The molecule has 0 amide bonds. The maximum Gasteiger partial charge on any atom is 0.163 e. The van der Waals surface area contributed by atoms with Crippen LogP contribution in [-0.4, -0.2) is 28.6 Å². The second kappa shape index (κ2) is 6.02. The van der Waals surface area contributed by atoms with Crippen LogP contribution in [-0.2, 0) is 0 Å². The Morgan fingerprint density at radius 1 is 1.17 bits per heavy atom. The monoisotopic (exact) mass is 339 g/mol. The summed E-state index contributed by atoms with van der Waals surface area (Å²) >= 11 is 3.25. The van der Waals surface area contributed by atoms with Crippen molar-refractivity contribution in [2.45, 2.75) is 6.04 Å². The molecule has 1 aliphatic heterocycles. The lowest BCUT2D eigenvalue weighted by molar-refractivity contribution is 0.924. The Morgan fingerprint density at radius 3 is 2.87 bits per heavy atom. The number of likely N-dealkylation sites (N-methyl/N-ethyl adjacent to an activating group) is 1. The summed E-state index contributed by atoms with van der Waals surface area (Å²) in [4.78, 5) is 20.5. The first-order valence-electron chi connectivity index (χ1n) is 7.08. The maximum absolute atomic E-state index is 5.02. The van der Waals surface area contributed by atoms with Crippen molar-refractivity contribution in [3.8, 4) is 0 Å². The van der Waals surface area contributed by atoms with E-state index < -0.39 is 0 Å². The molecular formula is C16H13N5S2. The second-order valence-electron chi connectivity index (χ2n) is 4.88. The quantitative estimate of drug-likeness (QED) is 0.778. The van der Waals surface area contributed by atoms with E-state index in [1.54, 1.807) is 28.9 Å². The molecule has 114 valence electrons. The van der Waals surface area contributed by atoms with Crippen LogP contribution in [0.15, 0.2) is 57.5 Å². The number of pyridine rings is 1. The van der Waals surface area contributed by atoms with Gasteiger partial charge in [0.15, 0.2) is 5.82 Å². The second-order valence-corrected chi connectivity index (χ2v) is 6.75. The summed E-state index contributed by atoms with van der Waals surface area (Å²) in [7, 11) is 1.86. The summed E-state index contributed by atoms with van der Waals surface area (Å²) < 4.78 is 0. The average Bonchev–Trinajstić information content (AvgIpc) is 3.26. The Labute approximate surface area is 141 Å². The molecule has 0 aromatic carbocycles. The van der Waals surface area contributed by atoms with Gasteiger partial charge in [-0.2, -0.15) is 0 Å². The van der Waals surface area contributed by atoms with E-state index in [1.807, 2.05) is 37.0 Å². The van der Waals surface area contributed by atoms with E-state index in [-0.39, 0.29) is 6.04 Å². The molecule has 3 aromatic heterocycles. The zero-order valence-electron chi connectivity index (χ0n) is 12.3. The standard InChI is InChI=1S/C16H13N5S2/c1-17-16-14(12-8-18-9-23-12)20-13(11-5-3-7-22-11)10-4-2-6-19-15(10)21-16/h2-9,14H,1H3,(H,17,19,21). The smallest absolute Gasteiger partial charge is 0.163 e. The fraction of sp³-hybridized carbons (Fsp3) is 0.125. The topological polar surface area (TPSA) is 62.5 Å². The van der Waals surface area contributed by atoms with Crippen LogP contribution >= 0.6 is 22.7 Å². The molecular weight excluding hydrogens is 326 g/mol. The summed E-state index contributed by atoms with van der Waals surface area (Å²) in [6, 6.07) is 7.86. The van der Waals surface area contributed by atoms with Crippen molar-refractivity contribution in [2.75, 3.05) is 7.05 Å². The molecule has 1 atom stereocenters. The van der Waals surface area contributed by atoms with Crippen molar-refractivity contribution in [3.63, 3.8) is 0 Å². The van der Waals surface area contributed by atoms with E-state index in [1.165, 1.54) is 0 Å². The highest BCUT2D eigenvalue weighted by atomic mass is 32.1. The van der Waals surface area contributed by atoms with E-state index >= 15 is 0 Å². The van der Waals surface area contributed by atoms with Gasteiger partial charge >= 0.3 is 0 Å². The summed E-state index contributed by atoms with van der Waals surface area (Å²) in [5, 5.41) is 5.23. The Kier molecular flexibility index (Phi) is 3.72. The minimum atomic E-state index is -0.196. The van der Waals surface area contributed by atoms with Crippen LogP contribution < -0.4 is 5.32 Å². The number of thiophene rings is 1. The van der Waals surface area contributed by atoms with Gasteiger partial charge in [-0.1, -0.05) is 6.07 Å². The lowest BCUT2D eigenvalue weighted by Gasteiger charge is -2.12. The number of nitrogens with zero attached hydrogens (tertiary/aromatic N) is 4. The molecule has 0 saturated carbocycles. The number of hydrogen-bond donors (Lipinski definition) is 1. The first-order valence-corrected chi connectivity index (χ1v) is 8.84. The van der Waals surface area contributed by atoms with Crippen LogP contribution in [0, 0.1) is 0 Å². The van der Waals surface area contributed by atoms with Gasteiger partial charge in [0.25, 0.3) is 0 Å². The van der Waals surface area contributed by atoms with Crippen molar-refractivity contribution in [1.82, 2.24) is 15.3 Å². The molecule has 0 spiro atoms. The van der Waals surface area contributed by atoms with E-state index in [2.05, 4.69) is 26.7 Å². The Bertz CT molecular complexity index is 866. The third kappa shape index (κ3) is 2.58. The molecule has 3 aromatic rings. The molecule has 1 N–H and O–H groups in total. The van der Waals surface area contributed by atoms with Crippen LogP contribution in [0.1, 0.15) is 21.4 Å². The molecule has 0 saturated heterocycles. The van der Waals surface area contributed by atoms with E-state index in [0.717, 1.165) is 26.9 Å². The highest BCUT2D eigenvalue weighted by Crippen LogP contribution is 2.32. The number of aliphatic imine (C=N–C) groups is 2.